The molecule has 0 amide bonds. The van der Waals surface area contributed by atoms with E-state index >= 15 is 0 Å². The number of aliphatic hydroxyl groups excluding tert-OH is 1. The number of carbonyl (C=O) groups is 1. The van der Waals surface area contributed by atoms with Crippen LogP contribution in [0.5, 0.6) is 0 Å². The summed E-state index contributed by atoms with van der Waals surface area (Å²) in [5, 5.41) is 9.14. The number of carbonyl (C=O) groups excluding carboxylic acids is 1. The Labute approximate surface area is 87.3 Å². The highest BCUT2D eigenvalue weighted by Gasteiger charge is 2.22. The second-order valence-electron chi connectivity index (χ2n) is 3.70. The molecule has 0 saturated heterocycles. The Hall–Kier alpha value is -0.870. The van der Waals surface area contributed by atoms with E-state index < -0.39 is 0 Å². The van der Waals surface area contributed by atoms with Crippen LogP contribution in [0, 0.1) is 0 Å². The van der Waals surface area contributed by atoms with Gasteiger partial charge in [0.15, 0.2) is 0 Å². The summed E-state index contributed by atoms with van der Waals surface area (Å²) >= 11 is 1.36. The van der Waals surface area contributed by atoms with Crippen molar-refractivity contribution < 1.29 is 14.6 Å². The lowest BCUT2D eigenvalue weighted by Gasteiger charge is -2.19. The van der Waals surface area contributed by atoms with E-state index in [1.807, 2.05) is 19.9 Å². The van der Waals surface area contributed by atoms with Crippen molar-refractivity contribution in [3.05, 3.63) is 21.9 Å². The van der Waals surface area contributed by atoms with Gasteiger partial charge < -0.3 is 9.84 Å². The van der Waals surface area contributed by atoms with Gasteiger partial charge in [-0.15, -0.1) is 11.3 Å². The van der Waals surface area contributed by atoms with E-state index in [0.717, 1.165) is 4.88 Å². The van der Waals surface area contributed by atoms with Crippen molar-refractivity contribution >= 4 is 17.3 Å². The Morgan fingerprint density at radius 2 is 2.21 bits per heavy atom. The van der Waals surface area contributed by atoms with Gasteiger partial charge in [-0.1, -0.05) is 13.8 Å². The first-order valence-electron chi connectivity index (χ1n) is 4.31. The van der Waals surface area contributed by atoms with Crippen LogP contribution in [0.1, 0.15) is 28.4 Å². The number of methoxy groups -OCH3 is 1. The second kappa shape index (κ2) is 4.11. The maximum Gasteiger partial charge on any atom is 0.348 e. The Balaban J connectivity index is 2.93. The van der Waals surface area contributed by atoms with Crippen LogP contribution in [0.2, 0.25) is 0 Å². The minimum Gasteiger partial charge on any atom is -0.465 e. The zero-order chi connectivity index (χ0) is 10.8. The van der Waals surface area contributed by atoms with Crippen LogP contribution in [0.3, 0.4) is 0 Å². The molecule has 1 rings (SSSR count). The highest BCUT2D eigenvalue weighted by molar-refractivity contribution is 7.14. The number of aliphatic hydroxyl groups is 1. The fourth-order valence-corrected chi connectivity index (χ4v) is 2.01. The molecule has 1 aromatic heterocycles. The highest BCUT2D eigenvalue weighted by Crippen LogP contribution is 2.29. The molecule has 0 aromatic carbocycles. The molecule has 4 heteroatoms. The third kappa shape index (κ3) is 2.13. The van der Waals surface area contributed by atoms with E-state index in [9.17, 15) is 4.79 Å². The molecule has 78 valence electrons. The SMILES string of the molecule is COC(=O)c1ccc(C(C)(C)CO)s1. The van der Waals surface area contributed by atoms with Crippen molar-refractivity contribution in [1.29, 1.82) is 0 Å². The molecule has 0 aliphatic rings. The van der Waals surface area contributed by atoms with E-state index in [2.05, 4.69) is 4.74 Å². The van der Waals surface area contributed by atoms with E-state index in [1.54, 1.807) is 6.07 Å². The van der Waals surface area contributed by atoms with Gasteiger partial charge in [-0.05, 0) is 12.1 Å². The molecule has 0 aliphatic heterocycles. The molecule has 1 aromatic rings. The molecule has 0 bridgehead atoms. The van der Waals surface area contributed by atoms with Gasteiger partial charge in [-0.2, -0.15) is 0 Å². The smallest absolute Gasteiger partial charge is 0.348 e. The molecule has 0 atom stereocenters. The average molecular weight is 214 g/mol. The van der Waals surface area contributed by atoms with Crippen molar-refractivity contribution in [2.45, 2.75) is 19.3 Å². The van der Waals surface area contributed by atoms with E-state index in [1.165, 1.54) is 18.4 Å². The minimum absolute atomic E-state index is 0.0636. The van der Waals surface area contributed by atoms with Crippen molar-refractivity contribution in [2.24, 2.45) is 0 Å². The average Bonchev–Trinajstić information content (AvgIpc) is 2.66. The van der Waals surface area contributed by atoms with Gasteiger partial charge in [-0.3, -0.25) is 0 Å². The fraction of sp³-hybridized carbons (Fsp3) is 0.500. The fourth-order valence-electron chi connectivity index (χ4n) is 0.990. The van der Waals surface area contributed by atoms with Crippen LogP contribution in [-0.2, 0) is 10.2 Å². The van der Waals surface area contributed by atoms with Crippen molar-refractivity contribution in [3.63, 3.8) is 0 Å². The predicted octanol–water partition coefficient (Wildman–Crippen LogP) is 1.80. The lowest BCUT2D eigenvalue weighted by Crippen LogP contribution is -2.20. The molecule has 0 unspecified atom stereocenters. The second-order valence-corrected chi connectivity index (χ2v) is 4.78. The first-order valence-corrected chi connectivity index (χ1v) is 5.12. The predicted molar refractivity (Wildman–Crippen MR) is 55.8 cm³/mol. The van der Waals surface area contributed by atoms with Gasteiger partial charge in [0.1, 0.15) is 4.88 Å². The van der Waals surface area contributed by atoms with Crippen LogP contribution in [0.4, 0.5) is 0 Å². The van der Waals surface area contributed by atoms with Crippen molar-refractivity contribution in [2.75, 3.05) is 13.7 Å². The van der Waals surface area contributed by atoms with Gasteiger partial charge in [-0.25, -0.2) is 4.79 Å². The Bertz CT molecular complexity index is 328. The van der Waals surface area contributed by atoms with Gasteiger partial charge in [0.2, 0.25) is 0 Å². The topological polar surface area (TPSA) is 46.5 Å². The van der Waals surface area contributed by atoms with E-state index in [4.69, 9.17) is 5.11 Å². The molecule has 0 spiro atoms. The third-order valence-electron chi connectivity index (χ3n) is 2.05. The maximum absolute atomic E-state index is 11.2. The van der Waals surface area contributed by atoms with Crippen LogP contribution >= 0.6 is 11.3 Å². The summed E-state index contributed by atoms with van der Waals surface area (Å²) in [5.74, 6) is -0.324. The van der Waals surface area contributed by atoms with Crippen LogP contribution in [0.25, 0.3) is 0 Å². The van der Waals surface area contributed by atoms with Crippen LogP contribution < -0.4 is 0 Å². The lowest BCUT2D eigenvalue weighted by atomic mass is 9.93. The lowest BCUT2D eigenvalue weighted by molar-refractivity contribution is 0.0606. The van der Waals surface area contributed by atoms with Gasteiger partial charge >= 0.3 is 5.97 Å². The molecule has 14 heavy (non-hydrogen) atoms. The normalized spacial score (nSPS) is 11.4. The molecular weight excluding hydrogens is 200 g/mol. The molecule has 0 radical (unpaired) electrons. The van der Waals surface area contributed by atoms with E-state index in [-0.39, 0.29) is 18.0 Å². The summed E-state index contributed by atoms with van der Waals surface area (Å²) < 4.78 is 4.60. The van der Waals surface area contributed by atoms with E-state index in [0.29, 0.717) is 4.88 Å². The Morgan fingerprint density at radius 1 is 1.57 bits per heavy atom. The van der Waals surface area contributed by atoms with Crippen molar-refractivity contribution in [3.8, 4) is 0 Å². The zero-order valence-corrected chi connectivity index (χ0v) is 9.35. The summed E-state index contributed by atoms with van der Waals surface area (Å²) in [4.78, 5) is 12.7. The third-order valence-corrected chi connectivity index (χ3v) is 3.49. The Morgan fingerprint density at radius 3 is 2.71 bits per heavy atom. The molecule has 0 saturated carbocycles. The summed E-state index contributed by atoms with van der Waals surface area (Å²) in [6, 6.07) is 3.58. The molecule has 3 nitrogen and oxygen atoms in total. The molecular formula is C10H14O3S. The Kier molecular flexibility index (Phi) is 3.29. The van der Waals surface area contributed by atoms with Gasteiger partial charge in [0, 0.05) is 10.3 Å². The molecule has 0 fully saturated rings. The summed E-state index contributed by atoms with van der Waals surface area (Å²) in [5.41, 5.74) is -0.295. The number of hydrogen-bond donors (Lipinski definition) is 1. The first kappa shape index (κ1) is 11.2. The number of rotatable bonds is 3. The monoisotopic (exact) mass is 214 g/mol. The number of ether oxygens (including phenoxy) is 1. The molecule has 1 heterocycles. The first-order chi connectivity index (χ1) is 6.51. The highest BCUT2D eigenvalue weighted by atomic mass is 32.1. The van der Waals surface area contributed by atoms with Gasteiger partial charge in [0.25, 0.3) is 0 Å². The largest absolute Gasteiger partial charge is 0.465 e. The summed E-state index contributed by atoms with van der Waals surface area (Å²) in [6.45, 7) is 3.92. The standard InChI is InChI=1S/C10H14O3S/c1-10(2,6-11)8-5-4-7(14-8)9(12)13-3/h4-5,11H,6H2,1-3H3. The van der Waals surface area contributed by atoms with Crippen LogP contribution in [-0.4, -0.2) is 24.8 Å². The van der Waals surface area contributed by atoms with Crippen LogP contribution in [0.15, 0.2) is 12.1 Å². The molecule has 1 N–H and O–H groups in total. The summed E-state index contributed by atoms with van der Waals surface area (Å²) in [7, 11) is 1.36. The quantitative estimate of drug-likeness (QED) is 0.780. The number of thiophene rings is 1. The molecule has 0 aliphatic carbocycles. The zero-order valence-electron chi connectivity index (χ0n) is 8.53. The van der Waals surface area contributed by atoms with Gasteiger partial charge in [0.05, 0.1) is 13.7 Å². The number of esters is 1. The minimum atomic E-state index is -0.324. The number of hydrogen-bond acceptors (Lipinski definition) is 4. The van der Waals surface area contributed by atoms with Crippen molar-refractivity contribution in [1.82, 2.24) is 0 Å². The maximum atomic E-state index is 11.2. The summed E-state index contributed by atoms with van der Waals surface area (Å²) in [6.07, 6.45) is 0.